The highest BCUT2D eigenvalue weighted by Crippen LogP contribution is 2.08. The van der Waals surface area contributed by atoms with Crippen molar-refractivity contribution in [3.05, 3.63) is 0 Å². The average Bonchev–Trinajstić information content (AvgIpc) is 2.17. The zero-order valence-electron chi connectivity index (χ0n) is 9.43. The summed E-state index contributed by atoms with van der Waals surface area (Å²) in [6, 6.07) is -0.288. The van der Waals surface area contributed by atoms with Gasteiger partial charge in [0.25, 0.3) is 0 Å². The second-order valence-corrected chi connectivity index (χ2v) is 3.66. The number of aliphatic hydroxyl groups is 1. The topological polar surface area (TPSA) is 77.8 Å². The van der Waals surface area contributed by atoms with Gasteiger partial charge in [0.15, 0.2) is 0 Å². The van der Waals surface area contributed by atoms with Crippen molar-refractivity contribution in [2.75, 3.05) is 13.2 Å². The predicted octanol–water partition coefficient (Wildman–Crippen LogP) is 0.326. The molecule has 0 heterocycles. The van der Waals surface area contributed by atoms with Crippen LogP contribution in [0.4, 0.5) is 0 Å². The first-order chi connectivity index (χ1) is 6.93. The van der Waals surface area contributed by atoms with Crippen LogP contribution in [-0.2, 0) is 9.59 Å². The third kappa shape index (κ3) is 4.29. The molecule has 0 aromatic carbocycles. The Bertz CT molecular complexity index is 225. The molecule has 1 amide bonds. The molecule has 0 aliphatic heterocycles. The van der Waals surface area contributed by atoms with Crippen LogP contribution in [0.5, 0.6) is 0 Å². The van der Waals surface area contributed by atoms with Gasteiger partial charge in [0.2, 0.25) is 5.91 Å². The summed E-state index contributed by atoms with van der Waals surface area (Å²) in [5, 5.41) is 17.8. The lowest BCUT2D eigenvalue weighted by molar-refractivity contribution is -0.143. The molecule has 0 saturated heterocycles. The second-order valence-electron chi connectivity index (χ2n) is 3.66. The fraction of sp³-hybridized carbons (Fsp3) is 0.800. The van der Waals surface area contributed by atoms with E-state index in [4.69, 9.17) is 10.2 Å². The minimum absolute atomic E-state index is 0.136. The van der Waals surface area contributed by atoms with Crippen LogP contribution in [0.25, 0.3) is 0 Å². The summed E-state index contributed by atoms with van der Waals surface area (Å²) >= 11 is 0. The Balaban J connectivity index is 4.53. The maximum Gasteiger partial charge on any atom is 0.308 e. The number of carboxylic acid groups (broad SMARTS) is 1. The minimum atomic E-state index is -0.936. The smallest absolute Gasteiger partial charge is 0.308 e. The molecule has 5 nitrogen and oxygen atoms in total. The first-order valence-electron chi connectivity index (χ1n) is 5.04. The zero-order valence-corrected chi connectivity index (χ0v) is 9.43. The quantitative estimate of drug-likeness (QED) is 0.672. The maximum absolute atomic E-state index is 11.3. The van der Waals surface area contributed by atoms with Gasteiger partial charge in [0, 0.05) is 13.5 Å². The zero-order chi connectivity index (χ0) is 12.0. The van der Waals surface area contributed by atoms with Crippen LogP contribution >= 0.6 is 0 Å². The van der Waals surface area contributed by atoms with Crippen LogP contribution in [0, 0.1) is 5.92 Å². The molecule has 88 valence electrons. The third-order valence-corrected chi connectivity index (χ3v) is 2.42. The first kappa shape index (κ1) is 13.9. The maximum atomic E-state index is 11.3. The molecule has 2 atom stereocenters. The Kier molecular flexibility index (Phi) is 5.93. The van der Waals surface area contributed by atoms with E-state index in [1.165, 1.54) is 11.8 Å². The highest BCUT2D eigenvalue weighted by atomic mass is 16.4. The number of carboxylic acids is 1. The first-order valence-corrected chi connectivity index (χ1v) is 5.04. The van der Waals surface area contributed by atoms with Crippen molar-refractivity contribution < 1.29 is 19.8 Å². The molecule has 0 bridgehead atoms. The van der Waals surface area contributed by atoms with Gasteiger partial charge in [-0.1, -0.05) is 13.8 Å². The summed E-state index contributed by atoms with van der Waals surface area (Å²) in [7, 11) is 0. The highest BCUT2D eigenvalue weighted by molar-refractivity contribution is 5.75. The molecule has 2 N–H and O–H groups in total. The molecule has 0 fully saturated rings. The van der Waals surface area contributed by atoms with Crippen molar-refractivity contribution >= 4 is 11.9 Å². The molecule has 0 aliphatic rings. The van der Waals surface area contributed by atoms with E-state index in [9.17, 15) is 9.59 Å². The highest BCUT2D eigenvalue weighted by Gasteiger charge is 2.23. The second kappa shape index (κ2) is 6.40. The molecule has 15 heavy (non-hydrogen) atoms. The number of carbonyl (C=O) groups is 2. The van der Waals surface area contributed by atoms with Crippen LogP contribution in [-0.4, -0.2) is 46.2 Å². The van der Waals surface area contributed by atoms with Gasteiger partial charge in [-0.25, -0.2) is 0 Å². The van der Waals surface area contributed by atoms with Gasteiger partial charge in [-0.3, -0.25) is 9.59 Å². The number of aliphatic hydroxyl groups excluding tert-OH is 1. The van der Waals surface area contributed by atoms with E-state index in [1.807, 2.05) is 6.92 Å². The van der Waals surface area contributed by atoms with Crippen LogP contribution < -0.4 is 0 Å². The number of amides is 1. The van der Waals surface area contributed by atoms with E-state index in [2.05, 4.69) is 0 Å². The van der Waals surface area contributed by atoms with Crippen LogP contribution in [0.3, 0.4) is 0 Å². The summed E-state index contributed by atoms with van der Waals surface area (Å²) in [6.07, 6.45) is 0.614. The van der Waals surface area contributed by atoms with Crippen molar-refractivity contribution in [1.29, 1.82) is 0 Å². The van der Waals surface area contributed by atoms with Gasteiger partial charge < -0.3 is 15.1 Å². The Morgan fingerprint density at radius 3 is 2.20 bits per heavy atom. The molecule has 0 aromatic rings. The molecule has 2 unspecified atom stereocenters. The largest absolute Gasteiger partial charge is 0.481 e. The lowest BCUT2D eigenvalue weighted by Crippen LogP contribution is -2.44. The van der Waals surface area contributed by atoms with Crippen LogP contribution in [0.1, 0.15) is 27.2 Å². The van der Waals surface area contributed by atoms with Gasteiger partial charge in [0.05, 0.1) is 18.6 Å². The van der Waals surface area contributed by atoms with Gasteiger partial charge in [0.1, 0.15) is 0 Å². The lowest BCUT2D eigenvalue weighted by atomic mass is 10.1. The van der Waals surface area contributed by atoms with E-state index in [0.29, 0.717) is 6.42 Å². The van der Waals surface area contributed by atoms with E-state index in [-0.39, 0.29) is 25.1 Å². The van der Waals surface area contributed by atoms with E-state index < -0.39 is 11.9 Å². The third-order valence-electron chi connectivity index (χ3n) is 2.42. The SMILES string of the molecule is CCC(CO)N(CC(C)C(=O)O)C(C)=O. The van der Waals surface area contributed by atoms with Gasteiger partial charge >= 0.3 is 5.97 Å². The van der Waals surface area contributed by atoms with Crippen LogP contribution in [0.2, 0.25) is 0 Å². The average molecular weight is 217 g/mol. The molecule has 0 aromatic heterocycles. The lowest BCUT2D eigenvalue weighted by Gasteiger charge is -2.30. The Labute approximate surface area is 89.7 Å². The van der Waals surface area contributed by atoms with Crippen molar-refractivity contribution in [2.45, 2.75) is 33.2 Å². The minimum Gasteiger partial charge on any atom is -0.481 e. The summed E-state index contributed by atoms with van der Waals surface area (Å²) < 4.78 is 0. The van der Waals surface area contributed by atoms with E-state index in [1.54, 1.807) is 6.92 Å². The molecular formula is C10H19NO4. The van der Waals surface area contributed by atoms with Gasteiger partial charge in [-0.15, -0.1) is 0 Å². The van der Waals surface area contributed by atoms with Gasteiger partial charge in [-0.2, -0.15) is 0 Å². The number of hydrogen-bond donors (Lipinski definition) is 2. The molecule has 0 saturated carbocycles. The fourth-order valence-corrected chi connectivity index (χ4v) is 1.36. The molecule has 0 spiro atoms. The number of nitrogens with zero attached hydrogens (tertiary/aromatic N) is 1. The normalized spacial score (nSPS) is 14.4. The summed E-state index contributed by atoms with van der Waals surface area (Å²) in [5.41, 5.74) is 0. The van der Waals surface area contributed by atoms with Crippen LogP contribution in [0.15, 0.2) is 0 Å². The van der Waals surface area contributed by atoms with Crippen molar-refractivity contribution in [2.24, 2.45) is 5.92 Å². The standard InChI is InChI=1S/C10H19NO4/c1-4-9(6-12)11(8(3)13)5-7(2)10(14)15/h7,9,12H,4-6H2,1-3H3,(H,14,15). The van der Waals surface area contributed by atoms with E-state index in [0.717, 1.165) is 0 Å². The summed E-state index contributed by atoms with van der Waals surface area (Å²) in [6.45, 7) is 4.78. The Morgan fingerprint density at radius 2 is 1.93 bits per heavy atom. The Hall–Kier alpha value is -1.10. The molecule has 0 aliphatic carbocycles. The molecule has 0 rings (SSSR count). The number of rotatable bonds is 6. The number of carbonyl (C=O) groups excluding carboxylic acids is 1. The predicted molar refractivity (Wildman–Crippen MR) is 55.4 cm³/mol. The number of hydrogen-bond acceptors (Lipinski definition) is 3. The Morgan fingerprint density at radius 1 is 1.40 bits per heavy atom. The fourth-order valence-electron chi connectivity index (χ4n) is 1.36. The van der Waals surface area contributed by atoms with Gasteiger partial charge in [-0.05, 0) is 6.42 Å². The van der Waals surface area contributed by atoms with E-state index >= 15 is 0 Å². The van der Waals surface area contributed by atoms with Crippen molar-refractivity contribution in [1.82, 2.24) is 4.90 Å². The van der Waals surface area contributed by atoms with Crippen molar-refractivity contribution in [3.8, 4) is 0 Å². The number of aliphatic carboxylic acids is 1. The monoisotopic (exact) mass is 217 g/mol. The molecule has 0 radical (unpaired) electrons. The summed E-state index contributed by atoms with van der Waals surface area (Å²) in [5.74, 6) is -1.76. The molecule has 5 heteroatoms. The van der Waals surface area contributed by atoms with Crippen molar-refractivity contribution in [3.63, 3.8) is 0 Å². The summed E-state index contributed by atoms with van der Waals surface area (Å²) in [4.78, 5) is 23.4. The molecular weight excluding hydrogens is 198 g/mol.